The van der Waals surface area contributed by atoms with Gasteiger partial charge in [-0.15, -0.1) is 0 Å². The normalized spacial score (nSPS) is 17.3. The molecule has 2 aromatic heterocycles. The van der Waals surface area contributed by atoms with Gasteiger partial charge in [0.15, 0.2) is 0 Å². The van der Waals surface area contributed by atoms with Crippen LogP contribution in [0.25, 0.3) is 33.6 Å². The summed E-state index contributed by atoms with van der Waals surface area (Å²) in [5, 5.41) is 8.36. The Morgan fingerprint density at radius 1 is 0.781 bits per heavy atom. The summed E-state index contributed by atoms with van der Waals surface area (Å²) in [4.78, 5) is 55.2. The summed E-state index contributed by atoms with van der Waals surface area (Å²) < 4.78 is 40.4. The van der Waals surface area contributed by atoms with Gasteiger partial charge in [-0.3, -0.25) is 9.59 Å². The molecule has 2 unspecified atom stereocenters. The summed E-state index contributed by atoms with van der Waals surface area (Å²) in [7, 11) is 3.08. The molecule has 2 atom stereocenters. The van der Waals surface area contributed by atoms with Crippen molar-refractivity contribution in [2.75, 3.05) is 99.9 Å². The second-order valence-electron chi connectivity index (χ2n) is 15.8. The Labute approximate surface area is 374 Å². The van der Waals surface area contributed by atoms with E-state index in [2.05, 4.69) is 49.5 Å². The van der Waals surface area contributed by atoms with Gasteiger partial charge < -0.3 is 64.0 Å². The number of aromatic amines is 2. The van der Waals surface area contributed by atoms with Crippen LogP contribution in [0.5, 0.6) is 11.5 Å². The molecule has 2 aliphatic heterocycles. The SMILES string of the molecule is CNC(C(=O)N1CCCC1c1ncc(-c2ccc3cc2OCCOCCOCCOCCOCCOc2cc(-c4cnc(CCCCNC(=O)CNC(=O)OC)[nH]4)ccc2-3)[nH]1)C(C)C. The number of hydrogen-bond donors (Lipinski definition) is 5. The average molecular weight is 889 g/mol. The number of likely N-dealkylation sites (tertiary alicyclic amines) is 1. The van der Waals surface area contributed by atoms with Crippen LogP contribution in [-0.4, -0.2) is 149 Å². The number of benzene rings is 2. The second-order valence-corrected chi connectivity index (χ2v) is 15.8. The third-order valence-corrected chi connectivity index (χ3v) is 11.0. The summed E-state index contributed by atoms with van der Waals surface area (Å²) in [6, 6.07) is 11.7. The highest BCUT2D eigenvalue weighted by atomic mass is 16.6. The molecule has 0 spiro atoms. The van der Waals surface area contributed by atoms with E-state index in [0.717, 1.165) is 71.0 Å². The monoisotopic (exact) mass is 888 g/mol. The van der Waals surface area contributed by atoms with Crippen LogP contribution in [-0.2, 0) is 39.7 Å². The van der Waals surface area contributed by atoms with Gasteiger partial charge in [0.2, 0.25) is 11.8 Å². The van der Waals surface area contributed by atoms with Gasteiger partial charge in [0.05, 0.1) is 102 Å². The van der Waals surface area contributed by atoms with E-state index in [-0.39, 0.29) is 36.4 Å². The van der Waals surface area contributed by atoms with Crippen LogP contribution in [0.15, 0.2) is 48.8 Å². The van der Waals surface area contributed by atoms with E-state index in [1.54, 1.807) is 0 Å². The number of unbranched alkanes of at least 4 members (excludes halogenated alkanes) is 1. The number of H-pyrrole nitrogens is 2. The van der Waals surface area contributed by atoms with E-state index < -0.39 is 6.09 Å². The molecule has 0 saturated carbocycles. The number of nitrogens with one attached hydrogen (secondary N) is 5. The first-order valence-corrected chi connectivity index (χ1v) is 22.3. The minimum atomic E-state index is -0.650. The molecule has 5 N–H and O–H groups in total. The van der Waals surface area contributed by atoms with E-state index in [0.29, 0.717) is 97.1 Å². The number of amides is 3. The lowest BCUT2D eigenvalue weighted by atomic mass is 9.99. The van der Waals surface area contributed by atoms with Gasteiger partial charge in [0, 0.05) is 36.2 Å². The highest BCUT2D eigenvalue weighted by Crippen LogP contribution is 2.40. The third-order valence-electron chi connectivity index (χ3n) is 11.0. The quantitative estimate of drug-likeness (QED) is 0.116. The predicted octanol–water partition coefficient (Wildman–Crippen LogP) is 4.67. The molecule has 4 heterocycles. The number of nitrogens with zero attached hydrogens (tertiary/aromatic N) is 3. The zero-order valence-corrected chi connectivity index (χ0v) is 37.5. The molecular weight excluding hydrogens is 825 g/mol. The maximum Gasteiger partial charge on any atom is 0.407 e. The lowest BCUT2D eigenvalue weighted by Gasteiger charge is -2.29. The Bertz CT molecular complexity index is 2090. The van der Waals surface area contributed by atoms with Crippen LogP contribution in [0.2, 0.25) is 0 Å². The summed E-state index contributed by atoms with van der Waals surface area (Å²) in [5.41, 5.74) is 5.09. The molecule has 18 heteroatoms. The van der Waals surface area contributed by atoms with E-state index in [1.807, 2.05) is 60.7 Å². The Kier molecular flexibility index (Phi) is 18.8. The fraction of sp³-hybridized carbons (Fsp3) is 0.543. The molecule has 2 bridgehead atoms. The number of fused-ring (bicyclic) bond motifs is 4. The van der Waals surface area contributed by atoms with E-state index in [1.165, 1.54) is 7.11 Å². The smallest absolute Gasteiger partial charge is 0.407 e. The third kappa shape index (κ3) is 13.7. The molecule has 1 fully saturated rings. The number of rotatable bonds is 13. The number of carbonyl (C=O) groups is 3. The maximum atomic E-state index is 13.6. The molecule has 0 aliphatic carbocycles. The lowest BCUT2D eigenvalue weighted by Crippen LogP contribution is -2.47. The standard InChI is InChI=1S/C46H64N8O10/c1-31(2)43(47-3)45(56)54-15-7-8-38(54)44-50-29-37(53-44)35-13-10-32-26-40(35)64-25-23-62-21-19-60-17-16-59-18-20-61-22-24-63-39-27-33(11-12-34(32)39)36-28-49-41(52-36)9-5-6-14-48-42(55)30-51-46(57)58-4/h10-13,26-29,31,38,43,47H,5-9,14-25,30H2,1-4H3,(H,48,55)(H,49,52)(H,50,53)(H,51,57). The summed E-state index contributed by atoms with van der Waals surface area (Å²) in [6.45, 7) is 9.13. The minimum Gasteiger partial charge on any atom is -0.491 e. The van der Waals surface area contributed by atoms with Crippen molar-refractivity contribution in [3.05, 3.63) is 60.4 Å². The molecule has 2 aliphatic rings. The van der Waals surface area contributed by atoms with Crippen LogP contribution < -0.4 is 25.4 Å². The molecule has 4 aromatic rings. The predicted molar refractivity (Wildman–Crippen MR) is 239 cm³/mol. The number of aryl methyl sites for hydroxylation is 1. The molecule has 6 rings (SSSR count). The summed E-state index contributed by atoms with van der Waals surface area (Å²) >= 11 is 0. The van der Waals surface area contributed by atoms with Crippen LogP contribution in [0.3, 0.4) is 0 Å². The Balaban J connectivity index is 1.21. The van der Waals surface area contributed by atoms with E-state index in [4.69, 9.17) is 33.4 Å². The fourth-order valence-electron chi connectivity index (χ4n) is 7.71. The van der Waals surface area contributed by atoms with Crippen LogP contribution in [0, 0.1) is 5.92 Å². The molecule has 18 nitrogen and oxygen atoms in total. The number of methoxy groups -OCH3 is 1. The minimum absolute atomic E-state index is 0.0880. The van der Waals surface area contributed by atoms with Gasteiger partial charge in [-0.1, -0.05) is 26.0 Å². The van der Waals surface area contributed by atoms with Crippen molar-refractivity contribution >= 4 is 17.9 Å². The first-order chi connectivity index (χ1) is 31.2. The first-order valence-electron chi connectivity index (χ1n) is 22.3. The molecular formula is C46H64N8O10. The number of aromatic nitrogens is 4. The van der Waals surface area contributed by atoms with Gasteiger partial charge >= 0.3 is 6.09 Å². The van der Waals surface area contributed by atoms with Crippen LogP contribution in [0.4, 0.5) is 4.79 Å². The van der Waals surface area contributed by atoms with E-state index >= 15 is 0 Å². The number of likely N-dealkylation sites (N-methyl/N-ethyl adjacent to an activating group) is 1. The average Bonchev–Trinajstić information content (AvgIpc) is 4.10. The summed E-state index contributed by atoms with van der Waals surface area (Å²) in [5.74, 6) is 2.83. The second kappa shape index (κ2) is 25.1. The Morgan fingerprint density at radius 3 is 2.08 bits per heavy atom. The number of carbonyl (C=O) groups excluding carboxylic acids is 3. The largest absolute Gasteiger partial charge is 0.491 e. The fourth-order valence-corrected chi connectivity index (χ4v) is 7.71. The van der Waals surface area contributed by atoms with Gasteiger partial charge in [0.25, 0.3) is 0 Å². The van der Waals surface area contributed by atoms with Gasteiger partial charge in [-0.2, -0.15) is 0 Å². The van der Waals surface area contributed by atoms with E-state index in [9.17, 15) is 14.4 Å². The van der Waals surface area contributed by atoms with Gasteiger partial charge in [-0.25, -0.2) is 14.8 Å². The van der Waals surface area contributed by atoms with Crippen LogP contribution in [0.1, 0.15) is 57.2 Å². The van der Waals surface area contributed by atoms with Crippen molar-refractivity contribution in [2.45, 2.75) is 58.0 Å². The molecule has 0 radical (unpaired) electrons. The van der Waals surface area contributed by atoms with Crippen molar-refractivity contribution in [1.82, 2.24) is 40.8 Å². The van der Waals surface area contributed by atoms with Crippen molar-refractivity contribution in [3.8, 4) is 45.1 Å². The highest BCUT2D eigenvalue weighted by molar-refractivity contribution is 5.83. The first kappa shape index (κ1) is 47.9. The highest BCUT2D eigenvalue weighted by Gasteiger charge is 2.36. The number of alkyl carbamates (subject to hydrolysis) is 1. The van der Waals surface area contributed by atoms with Gasteiger partial charge in [-0.05, 0) is 68.5 Å². The molecule has 64 heavy (non-hydrogen) atoms. The molecule has 348 valence electrons. The Morgan fingerprint density at radius 2 is 1.41 bits per heavy atom. The van der Waals surface area contributed by atoms with Crippen molar-refractivity contribution in [3.63, 3.8) is 0 Å². The zero-order chi connectivity index (χ0) is 45.1. The van der Waals surface area contributed by atoms with Crippen molar-refractivity contribution < 1.29 is 47.5 Å². The molecule has 3 amide bonds. The maximum absolute atomic E-state index is 13.6. The number of imidazole rings is 2. The summed E-state index contributed by atoms with van der Waals surface area (Å²) in [6.07, 6.45) is 6.93. The van der Waals surface area contributed by atoms with Crippen LogP contribution >= 0.6 is 0 Å². The van der Waals surface area contributed by atoms with Gasteiger partial charge in [0.1, 0.15) is 36.4 Å². The lowest BCUT2D eigenvalue weighted by molar-refractivity contribution is -0.135. The topological polar surface area (TPSA) is 213 Å². The van der Waals surface area contributed by atoms with Crippen molar-refractivity contribution in [2.24, 2.45) is 5.92 Å². The Hall–Kier alpha value is -5.53. The molecule has 2 aromatic carbocycles. The zero-order valence-electron chi connectivity index (χ0n) is 37.5. The van der Waals surface area contributed by atoms with Crippen molar-refractivity contribution in [1.29, 1.82) is 0 Å². The number of ether oxygens (including phenoxy) is 7. The molecule has 1 saturated heterocycles. The number of hydrogen-bond acceptors (Lipinski definition) is 13.